The zero-order chi connectivity index (χ0) is 8.69. The Balaban J connectivity index is 3.65. The van der Waals surface area contributed by atoms with Crippen LogP contribution in [0.4, 0.5) is 9.59 Å². The molecule has 0 aromatic heterocycles. The topological polar surface area (TPSA) is 104 Å². The molecule has 0 unspecified atom stereocenters. The van der Waals surface area contributed by atoms with Gasteiger partial charge in [-0.15, -0.1) is 0 Å². The highest BCUT2D eigenvalue weighted by Crippen LogP contribution is 1.62. The van der Waals surface area contributed by atoms with Gasteiger partial charge in [-0.3, -0.25) is 25.5 Å². The maximum absolute atomic E-state index is 10.3. The van der Waals surface area contributed by atoms with Crippen LogP contribution in [-0.2, 0) is 9.59 Å². The van der Waals surface area contributed by atoms with E-state index in [4.69, 9.17) is 0 Å². The maximum atomic E-state index is 10.3. The molecule has 0 heterocycles. The Bertz CT molecular complexity index is 170. The molecule has 0 bridgehead atoms. The Kier molecular flexibility index (Phi) is 4.06. The number of nitrogens with one attached hydrogen (secondary N) is 3. The monoisotopic (exact) mass is 159 g/mol. The molecule has 0 aliphatic heterocycles. The number of rotatable bonds is 2. The molecule has 7 nitrogen and oxygen atoms in total. The summed E-state index contributed by atoms with van der Waals surface area (Å²) < 4.78 is 0. The summed E-state index contributed by atoms with van der Waals surface area (Å²) in [5.41, 5.74) is 0. The molecule has 0 aromatic rings. The predicted octanol–water partition coefficient (Wildman–Crippen LogP) is -1.69. The zero-order valence-electron chi connectivity index (χ0n) is 5.29. The van der Waals surface area contributed by atoms with E-state index in [0.29, 0.717) is 0 Å². The van der Waals surface area contributed by atoms with E-state index in [-0.39, 0.29) is 12.8 Å². The number of hydrogen-bond donors (Lipinski definition) is 3. The van der Waals surface area contributed by atoms with Crippen LogP contribution in [0.2, 0.25) is 0 Å². The summed E-state index contributed by atoms with van der Waals surface area (Å²) in [4.78, 5) is 39.8. The Morgan fingerprint density at radius 1 is 0.909 bits per heavy atom. The summed E-state index contributed by atoms with van der Waals surface area (Å²) in [6, 6.07) is -2.00. The summed E-state index contributed by atoms with van der Waals surface area (Å²) in [6.07, 6.45) is 0.201. The molecule has 0 saturated heterocycles. The lowest BCUT2D eigenvalue weighted by molar-refractivity contribution is -0.109. The number of amides is 6. The van der Waals surface area contributed by atoms with Crippen molar-refractivity contribution in [1.29, 1.82) is 0 Å². The van der Waals surface area contributed by atoms with Gasteiger partial charge in [-0.25, -0.2) is 9.59 Å². The average Bonchev–Trinajstić information content (AvgIpc) is 1.87. The fourth-order valence-electron chi connectivity index (χ4n) is 0.282. The van der Waals surface area contributed by atoms with Crippen molar-refractivity contribution in [3.8, 4) is 0 Å². The Morgan fingerprint density at radius 3 is 1.55 bits per heavy atom. The molecule has 0 aromatic carbocycles. The van der Waals surface area contributed by atoms with Gasteiger partial charge in [-0.2, -0.15) is 0 Å². The van der Waals surface area contributed by atoms with Crippen LogP contribution >= 0.6 is 0 Å². The van der Waals surface area contributed by atoms with Crippen molar-refractivity contribution >= 4 is 24.9 Å². The van der Waals surface area contributed by atoms with E-state index in [1.807, 2.05) is 0 Å². The smallest absolute Gasteiger partial charge is 0.280 e. The van der Waals surface area contributed by atoms with Crippen molar-refractivity contribution in [3.63, 3.8) is 0 Å². The molecule has 0 saturated carbocycles. The van der Waals surface area contributed by atoms with E-state index in [2.05, 4.69) is 0 Å². The lowest BCUT2D eigenvalue weighted by Crippen LogP contribution is -2.43. The van der Waals surface area contributed by atoms with Crippen molar-refractivity contribution < 1.29 is 19.2 Å². The van der Waals surface area contributed by atoms with Crippen molar-refractivity contribution in [3.05, 3.63) is 0 Å². The van der Waals surface area contributed by atoms with Gasteiger partial charge < -0.3 is 0 Å². The lowest BCUT2D eigenvalue weighted by atomic mass is 10.8. The lowest BCUT2D eigenvalue weighted by Gasteiger charge is -1.98. The number of urea groups is 2. The van der Waals surface area contributed by atoms with Crippen LogP contribution in [0.15, 0.2) is 0 Å². The molecule has 60 valence electrons. The van der Waals surface area contributed by atoms with Crippen molar-refractivity contribution in [1.82, 2.24) is 16.0 Å². The average molecular weight is 159 g/mol. The van der Waals surface area contributed by atoms with Crippen molar-refractivity contribution in [2.45, 2.75) is 0 Å². The second-order valence-electron chi connectivity index (χ2n) is 1.31. The van der Waals surface area contributed by atoms with Crippen LogP contribution in [0.3, 0.4) is 0 Å². The van der Waals surface area contributed by atoms with Crippen LogP contribution in [0, 0.1) is 0 Å². The van der Waals surface area contributed by atoms with Crippen LogP contribution in [0.1, 0.15) is 0 Å². The predicted molar refractivity (Wildman–Crippen MR) is 32.3 cm³/mol. The first-order valence-corrected chi connectivity index (χ1v) is 2.46. The third-order valence-corrected chi connectivity index (χ3v) is 0.607. The summed E-state index contributed by atoms with van der Waals surface area (Å²) in [7, 11) is 0. The summed E-state index contributed by atoms with van der Waals surface area (Å²) in [5.74, 6) is 0. The number of imide groups is 3. The van der Waals surface area contributed by atoms with Crippen LogP contribution < -0.4 is 16.0 Å². The van der Waals surface area contributed by atoms with Gasteiger partial charge in [0.05, 0.1) is 0 Å². The van der Waals surface area contributed by atoms with Crippen molar-refractivity contribution in [2.24, 2.45) is 0 Å². The highest BCUT2D eigenvalue weighted by atomic mass is 16.2. The first-order valence-electron chi connectivity index (χ1n) is 2.46. The molecule has 0 aliphatic rings. The van der Waals surface area contributed by atoms with Gasteiger partial charge in [-0.1, -0.05) is 0 Å². The molecule has 11 heavy (non-hydrogen) atoms. The Hall–Kier alpha value is -1.92. The summed E-state index contributed by atoms with van der Waals surface area (Å²) in [5, 5.41) is 4.87. The maximum Gasteiger partial charge on any atom is 0.329 e. The molecule has 0 radical (unpaired) electrons. The summed E-state index contributed by atoms with van der Waals surface area (Å²) >= 11 is 0. The van der Waals surface area contributed by atoms with Crippen LogP contribution in [-0.4, -0.2) is 24.9 Å². The molecule has 3 N–H and O–H groups in total. The highest BCUT2D eigenvalue weighted by Gasteiger charge is 2.03. The molecule has 6 amide bonds. The standard InChI is InChI=1S/C4H5N3O4/c8-1-5-3(10)7-4(11)6-2-9/h1-2H,(H3,5,6,7,8,9,10,11). The van der Waals surface area contributed by atoms with Gasteiger partial charge in [0.15, 0.2) is 0 Å². The van der Waals surface area contributed by atoms with Gasteiger partial charge in [0, 0.05) is 0 Å². The molecule has 7 heteroatoms. The fourth-order valence-corrected chi connectivity index (χ4v) is 0.282. The minimum absolute atomic E-state index is 0.101. The zero-order valence-corrected chi connectivity index (χ0v) is 5.29. The number of carbonyl (C=O) groups is 4. The fraction of sp³-hybridized carbons (Fsp3) is 0. The number of carbonyl (C=O) groups excluding carboxylic acids is 4. The van der Waals surface area contributed by atoms with Crippen LogP contribution in [0.25, 0.3) is 0 Å². The van der Waals surface area contributed by atoms with Gasteiger partial charge in [-0.05, 0) is 0 Å². The van der Waals surface area contributed by atoms with E-state index in [1.54, 1.807) is 16.0 Å². The van der Waals surface area contributed by atoms with Gasteiger partial charge in [0.25, 0.3) is 0 Å². The second-order valence-corrected chi connectivity index (χ2v) is 1.31. The van der Waals surface area contributed by atoms with Gasteiger partial charge in [0.2, 0.25) is 12.8 Å². The van der Waals surface area contributed by atoms with E-state index in [1.165, 1.54) is 0 Å². The Labute approximate surface area is 61.1 Å². The van der Waals surface area contributed by atoms with E-state index in [0.717, 1.165) is 0 Å². The van der Waals surface area contributed by atoms with E-state index in [9.17, 15) is 19.2 Å². The third kappa shape index (κ3) is 4.58. The first kappa shape index (κ1) is 9.08. The SMILES string of the molecule is O=CNC(=O)NC(=O)NC=O. The minimum Gasteiger partial charge on any atom is -0.280 e. The largest absolute Gasteiger partial charge is 0.329 e. The van der Waals surface area contributed by atoms with Crippen molar-refractivity contribution in [2.75, 3.05) is 0 Å². The molecular weight excluding hydrogens is 154 g/mol. The van der Waals surface area contributed by atoms with Crippen LogP contribution in [0.5, 0.6) is 0 Å². The molecular formula is C4H5N3O4. The molecule has 0 aliphatic carbocycles. The van der Waals surface area contributed by atoms with E-state index >= 15 is 0 Å². The first-order chi connectivity index (χ1) is 5.20. The normalized spacial score (nSPS) is 7.64. The Morgan fingerprint density at radius 2 is 1.27 bits per heavy atom. The van der Waals surface area contributed by atoms with Gasteiger partial charge >= 0.3 is 12.1 Å². The number of hydrogen-bond acceptors (Lipinski definition) is 4. The minimum atomic E-state index is -1.00. The quantitative estimate of drug-likeness (QED) is 0.418. The molecule has 0 atom stereocenters. The molecule has 0 rings (SSSR count). The third-order valence-electron chi connectivity index (χ3n) is 0.607. The molecule has 0 spiro atoms. The summed E-state index contributed by atoms with van der Waals surface area (Å²) in [6.45, 7) is 0. The van der Waals surface area contributed by atoms with Gasteiger partial charge in [0.1, 0.15) is 0 Å². The molecule has 0 fully saturated rings. The second kappa shape index (κ2) is 4.91. The van der Waals surface area contributed by atoms with E-state index < -0.39 is 12.1 Å². The highest BCUT2D eigenvalue weighted by molar-refractivity contribution is 5.99.